The molecule has 0 saturated carbocycles. The van der Waals surface area contributed by atoms with Gasteiger partial charge in [0, 0.05) is 9.47 Å². The van der Waals surface area contributed by atoms with E-state index in [0.29, 0.717) is 6.61 Å². The molecule has 0 N–H and O–H groups in total. The number of carbonyl (C=O) groups excluding carboxylic acids is 1. The van der Waals surface area contributed by atoms with Gasteiger partial charge in [-0.05, 0) is 12.8 Å². The third-order valence-electron chi connectivity index (χ3n) is 4.49. The van der Waals surface area contributed by atoms with Crippen molar-refractivity contribution in [3.05, 3.63) is 0 Å². The van der Waals surface area contributed by atoms with E-state index in [2.05, 4.69) is 23.3 Å². The Balaban J connectivity index is 3.31. The highest BCUT2D eigenvalue weighted by Crippen LogP contribution is 2.13. The maximum atomic E-state index is 11.8. The highest BCUT2D eigenvalue weighted by Gasteiger charge is 2.18. The lowest BCUT2D eigenvalue weighted by Crippen LogP contribution is -2.24. The Labute approximate surface area is 152 Å². The summed E-state index contributed by atoms with van der Waals surface area (Å²) in [5.74, 6) is -0.207. The summed E-state index contributed by atoms with van der Waals surface area (Å²) in [7, 11) is 2.18. The SMILES string of the molecule is CCCCCCCCCCCCCCOC(=O)C(CCCC)OP. The summed E-state index contributed by atoms with van der Waals surface area (Å²) >= 11 is 0. The van der Waals surface area contributed by atoms with Crippen molar-refractivity contribution >= 4 is 15.4 Å². The van der Waals surface area contributed by atoms with Crippen molar-refractivity contribution in [1.82, 2.24) is 0 Å². The second-order valence-electron chi connectivity index (χ2n) is 6.82. The number of hydrogen-bond acceptors (Lipinski definition) is 3. The van der Waals surface area contributed by atoms with Crippen molar-refractivity contribution < 1.29 is 14.1 Å². The van der Waals surface area contributed by atoms with E-state index in [4.69, 9.17) is 9.26 Å². The van der Waals surface area contributed by atoms with Gasteiger partial charge >= 0.3 is 5.97 Å². The molecular weight excluding hydrogens is 319 g/mol. The molecule has 0 aromatic carbocycles. The molecule has 0 spiro atoms. The van der Waals surface area contributed by atoms with Gasteiger partial charge in [-0.1, -0.05) is 97.3 Å². The first kappa shape index (κ1) is 23.9. The summed E-state index contributed by atoms with van der Waals surface area (Å²) < 4.78 is 10.4. The Kier molecular flexibility index (Phi) is 19.1. The fraction of sp³-hybridized carbons (Fsp3) is 0.950. The predicted octanol–water partition coefficient (Wildman–Crippen LogP) is 6.60. The van der Waals surface area contributed by atoms with Crippen molar-refractivity contribution in [3.63, 3.8) is 0 Å². The molecule has 24 heavy (non-hydrogen) atoms. The van der Waals surface area contributed by atoms with Crippen molar-refractivity contribution in [1.29, 1.82) is 0 Å². The largest absolute Gasteiger partial charge is 0.464 e. The minimum absolute atomic E-state index is 0.207. The highest BCUT2D eigenvalue weighted by molar-refractivity contribution is 7.09. The molecule has 4 heteroatoms. The van der Waals surface area contributed by atoms with E-state index >= 15 is 0 Å². The number of carbonyl (C=O) groups is 1. The van der Waals surface area contributed by atoms with Crippen LogP contribution in [0.3, 0.4) is 0 Å². The van der Waals surface area contributed by atoms with E-state index in [1.165, 1.54) is 64.2 Å². The maximum Gasteiger partial charge on any atom is 0.335 e. The lowest BCUT2D eigenvalue weighted by atomic mass is 10.1. The number of rotatable bonds is 18. The van der Waals surface area contributed by atoms with Crippen LogP contribution in [0.5, 0.6) is 0 Å². The van der Waals surface area contributed by atoms with Crippen molar-refractivity contribution in [3.8, 4) is 0 Å². The first-order valence-electron chi connectivity index (χ1n) is 10.3. The Morgan fingerprint density at radius 2 is 1.21 bits per heavy atom. The number of unbranched alkanes of at least 4 members (excludes halogenated alkanes) is 12. The number of esters is 1. The molecule has 2 unspecified atom stereocenters. The van der Waals surface area contributed by atoms with Crippen molar-refractivity contribution in [2.24, 2.45) is 0 Å². The Hall–Kier alpha value is -0.140. The van der Waals surface area contributed by atoms with Crippen molar-refractivity contribution in [2.75, 3.05) is 6.61 Å². The van der Waals surface area contributed by atoms with Crippen LogP contribution in [0.15, 0.2) is 0 Å². The molecule has 3 nitrogen and oxygen atoms in total. The molecule has 0 bridgehead atoms. The average Bonchev–Trinajstić information content (AvgIpc) is 2.59. The summed E-state index contributed by atoms with van der Waals surface area (Å²) in [6.07, 6.45) is 18.2. The average molecular weight is 361 g/mol. The summed E-state index contributed by atoms with van der Waals surface area (Å²) in [5, 5.41) is 0. The fourth-order valence-electron chi connectivity index (χ4n) is 2.84. The van der Waals surface area contributed by atoms with Gasteiger partial charge in [0.15, 0.2) is 6.10 Å². The van der Waals surface area contributed by atoms with E-state index in [1.54, 1.807) is 0 Å². The first-order chi connectivity index (χ1) is 11.8. The zero-order valence-corrected chi connectivity index (χ0v) is 17.3. The van der Waals surface area contributed by atoms with Crippen LogP contribution in [0, 0.1) is 0 Å². The number of ether oxygens (including phenoxy) is 1. The summed E-state index contributed by atoms with van der Waals surface area (Å²) in [6, 6.07) is 0. The third kappa shape index (κ3) is 15.4. The minimum Gasteiger partial charge on any atom is -0.464 e. The molecule has 0 radical (unpaired) electrons. The second-order valence-corrected chi connectivity index (χ2v) is 7.10. The van der Waals surface area contributed by atoms with Crippen LogP contribution in [0.4, 0.5) is 0 Å². The molecule has 0 aliphatic carbocycles. The van der Waals surface area contributed by atoms with Gasteiger partial charge in [0.2, 0.25) is 0 Å². The zero-order chi connectivity index (χ0) is 17.9. The van der Waals surface area contributed by atoms with Crippen LogP contribution < -0.4 is 0 Å². The normalized spacial score (nSPS) is 12.3. The van der Waals surface area contributed by atoms with Crippen LogP contribution in [-0.4, -0.2) is 18.7 Å². The maximum absolute atomic E-state index is 11.8. The summed E-state index contributed by atoms with van der Waals surface area (Å²) in [6.45, 7) is 4.91. The fourth-order valence-corrected chi connectivity index (χ4v) is 3.09. The van der Waals surface area contributed by atoms with Crippen LogP contribution in [-0.2, 0) is 14.1 Å². The van der Waals surface area contributed by atoms with Gasteiger partial charge in [-0.2, -0.15) is 0 Å². The summed E-state index contributed by atoms with van der Waals surface area (Å²) in [4.78, 5) is 11.8. The molecule has 0 fully saturated rings. The first-order valence-corrected chi connectivity index (χ1v) is 10.8. The predicted molar refractivity (Wildman–Crippen MR) is 106 cm³/mol. The van der Waals surface area contributed by atoms with Crippen LogP contribution in [0.1, 0.15) is 110 Å². The second kappa shape index (κ2) is 19.2. The molecule has 0 saturated heterocycles. The minimum atomic E-state index is -0.410. The third-order valence-corrected chi connectivity index (χ3v) is 4.82. The van der Waals surface area contributed by atoms with E-state index in [-0.39, 0.29) is 5.97 Å². The monoisotopic (exact) mass is 360 g/mol. The zero-order valence-electron chi connectivity index (χ0n) is 16.2. The topological polar surface area (TPSA) is 35.5 Å². The van der Waals surface area contributed by atoms with Crippen LogP contribution >= 0.6 is 9.47 Å². The van der Waals surface area contributed by atoms with E-state index in [1.807, 2.05) is 0 Å². The standard InChI is InChI=1S/C20H41O3P/c1-3-5-7-8-9-10-11-12-13-14-15-16-18-22-20(21)19(23-24)17-6-4-2/h19H,3-18,24H2,1-2H3. The molecule has 0 heterocycles. The lowest BCUT2D eigenvalue weighted by molar-refractivity contribution is -0.151. The molecule has 0 aliphatic rings. The molecule has 0 aromatic heterocycles. The molecule has 0 rings (SSSR count). The van der Waals surface area contributed by atoms with Gasteiger partial charge in [0.05, 0.1) is 6.61 Å². The Morgan fingerprint density at radius 1 is 0.750 bits per heavy atom. The molecule has 144 valence electrons. The van der Waals surface area contributed by atoms with Crippen LogP contribution in [0.25, 0.3) is 0 Å². The smallest absolute Gasteiger partial charge is 0.335 e. The molecular formula is C20H41O3P. The highest BCUT2D eigenvalue weighted by atomic mass is 31.0. The van der Waals surface area contributed by atoms with E-state index < -0.39 is 6.10 Å². The Morgan fingerprint density at radius 3 is 1.67 bits per heavy atom. The van der Waals surface area contributed by atoms with Crippen LogP contribution in [0.2, 0.25) is 0 Å². The van der Waals surface area contributed by atoms with Crippen molar-refractivity contribution in [2.45, 2.75) is 116 Å². The van der Waals surface area contributed by atoms with Gasteiger partial charge in [-0.15, -0.1) is 0 Å². The van der Waals surface area contributed by atoms with Gasteiger partial charge in [-0.25, -0.2) is 4.79 Å². The van der Waals surface area contributed by atoms with E-state index in [0.717, 1.165) is 32.1 Å². The van der Waals surface area contributed by atoms with Gasteiger partial charge in [0.25, 0.3) is 0 Å². The van der Waals surface area contributed by atoms with Gasteiger partial charge in [-0.3, -0.25) is 0 Å². The Bertz CT molecular complexity index is 272. The summed E-state index contributed by atoms with van der Waals surface area (Å²) in [5.41, 5.74) is 0. The van der Waals surface area contributed by atoms with E-state index in [9.17, 15) is 4.79 Å². The molecule has 2 atom stereocenters. The van der Waals surface area contributed by atoms with Gasteiger partial charge < -0.3 is 9.26 Å². The molecule has 0 amide bonds. The molecule has 0 aromatic rings. The quantitative estimate of drug-likeness (QED) is 0.157. The molecule has 0 aliphatic heterocycles. The number of hydrogen-bond donors (Lipinski definition) is 0. The van der Waals surface area contributed by atoms with Gasteiger partial charge in [0.1, 0.15) is 0 Å². The lowest BCUT2D eigenvalue weighted by Gasteiger charge is -2.13.